The van der Waals surface area contributed by atoms with Crippen LogP contribution in [-0.4, -0.2) is 22.1 Å². The summed E-state index contributed by atoms with van der Waals surface area (Å²) in [7, 11) is 1.59. The minimum atomic E-state index is 0.554. The second-order valence-corrected chi connectivity index (χ2v) is 5.70. The number of H-pyrrole nitrogens is 1. The first-order valence-corrected chi connectivity index (χ1v) is 7.12. The van der Waals surface area contributed by atoms with Crippen LogP contribution in [0.5, 0.6) is 5.88 Å². The molecule has 96 valence electrons. The summed E-state index contributed by atoms with van der Waals surface area (Å²) in [5, 5.41) is 0. The molecule has 0 saturated carbocycles. The van der Waals surface area contributed by atoms with Gasteiger partial charge in [-0.15, -0.1) is 0 Å². The van der Waals surface area contributed by atoms with Crippen LogP contribution in [0.15, 0.2) is 39.3 Å². The van der Waals surface area contributed by atoms with Gasteiger partial charge >= 0.3 is 0 Å². The van der Waals surface area contributed by atoms with Gasteiger partial charge in [0.1, 0.15) is 5.82 Å². The highest BCUT2D eigenvalue weighted by Gasteiger charge is 2.10. The van der Waals surface area contributed by atoms with Crippen molar-refractivity contribution in [1.29, 1.82) is 0 Å². The summed E-state index contributed by atoms with van der Waals surface area (Å²) in [5.74, 6) is 1.32. The van der Waals surface area contributed by atoms with E-state index in [2.05, 4.69) is 46.8 Å². The Morgan fingerprint density at radius 1 is 1.11 bits per heavy atom. The number of benzene rings is 1. The van der Waals surface area contributed by atoms with Crippen molar-refractivity contribution in [2.24, 2.45) is 0 Å². The number of rotatable bonds is 2. The standard InChI is InChI=1S/C13H9Br2N3O/c1-19-11-5-4-10-13(17-11)18-12(16-10)8-6-7(14)2-3-9(8)15/h2-6H,1H3,(H,16,17,18). The first kappa shape index (κ1) is 12.6. The summed E-state index contributed by atoms with van der Waals surface area (Å²) in [6, 6.07) is 9.65. The zero-order valence-electron chi connectivity index (χ0n) is 9.95. The van der Waals surface area contributed by atoms with E-state index in [0.717, 1.165) is 25.8 Å². The molecule has 3 aromatic rings. The van der Waals surface area contributed by atoms with E-state index in [1.54, 1.807) is 13.2 Å². The van der Waals surface area contributed by atoms with E-state index < -0.39 is 0 Å². The maximum Gasteiger partial charge on any atom is 0.215 e. The van der Waals surface area contributed by atoms with Crippen molar-refractivity contribution < 1.29 is 4.74 Å². The molecule has 0 saturated heterocycles. The number of fused-ring (bicyclic) bond motifs is 1. The first-order valence-electron chi connectivity index (χ1n) is 5.53. The molecule has 1 aromatic carbocycles. The highest BCUT2D eigenvalue weighted by atomic mass is 79.9. The van der Waals surface area contributed by atoms with Gasteiger partial charge in [0.2, 0.25) is 5.88 Å². The molecule has 0 spiro atoms. The van der Waals surface area contributed by atoms with Crippen molar-refractivity contribution in [3.05, 3.63) is 39.3 Å². The number of ether oxygens (including phenoxy) is 1. The predicted octanol–water partition coefficient (Wildman–Crippen LogP) is 4.16. The molecular weight excluding hydrogens is 374 g/mol. The molecule has 0 unspecified atom stereocenters. The fraction of sp³-hybridized carbons (Fsp3) is 0.0769. The molecule has 0 aliphatic rings. The molecule has 0 amide bonds. The maximum atomic E-state index is 5.10. The topological polar surface area (TPSA) is 50.8 Å². The third-order valence-corrected chi connectivity index (χ3v) is 3.90. The normalized spacial score (nSPS) is 10.9. The third-order valence-electron chi connectivity index (χ3n) is 2.71. The van der Waals surface area contributed by atoms with Crippen LogP contribution in [0.1, 0.15) is 0 Å². The number of imidazole rings is 1. The lowest BCUT2D eigenvalue weighted by Crippen LogP contribution is -1.86. The number of aromatic nitrogens is 3. The molecule has 6 heteroatoms. The van der Waals surface area contributed by atoms with Gasteiger partial charge in [-0.25, -0.2) is 4.98 Å². The van der Waals surface area contributed by atoms with Gasteiger partial charge in [0, 0.05) is 20.6 Å². The van der Waals surface area contributed by atoms with Gasteiger partial charge < -0.3 is 9.72 Å². The molecule has 2 aromatic heterocycles. The molecule has 19 heavy (non-hydrogen) atoms. The average molecular weight is 383 g/mol. The van der Waals surface area contributed by atoms with E-state index in [-0.39, 0.29) is 0 Å². The van der Waals surface area contributed by atoms with Gasteiger partial charge in [0.25, 0.3) is 0 Å². The van der Waals surface area contributed by atoms with Crippen molar-refractivity contribution in [1.82, 2.24) is 15.0 Å². The average Bonchev–Trinajstić information content (AvgIpc) is 2.83. The molecule has 0 aliphatic carbocycles. The monoisotopic (exact) mass is 381 g/mol. The number of aromatic amines is 1. The van der Waals surface area contributed by atoms with Crippen molar-refractivity contribution in [2.75, 3.05) is 7.11 Å². The molecule has 3 rings (SSSR count). The summed E-state index contributed by atoms with van der Waals surface area (Å²) in [5.41, 5.74) is 2.50. The Bertz CT molecular complexity index is 755. The lowest BCUT2D eigenvalue weighted by Gasteiger charge is -2.00. The lowest BCUT2D eigenvalue weighted by molar-refractivity contribution is 0.399. The number of hydrogen-bond acceptors (Lipinski definition) is 3. The minimum Gasteiger partial charge on any atom is -0.481 e. The van der Waals surface area contributed by atoms with Crippen LogP contribution in [0.2, 0.25) is 0 Å². The largest absolute Gasteiger partial charge is 0.481 e. The zero-order chi connectivity index (χ0) is 13.4. The van der Waals surface area contributed by atoms with Gasteiger partial charge in [-0.3, -0.25) is 0 Å². The maximum absolute atomic E-state index is 5.10. The number of nitrogens with one attached hydrogen (secondary N) is 1. The Balaban J connectivity index is 2.17. The van der Waals surface area contributed by atoms with E-state index in [1.165, 1.54) is 0 Å². The number of nitrogens with zero attached hydrogens (tertiary/aromatic N) is 2. The first-order chi connectivity index (χ1) is 9.17. The van der Waals surface area contributed by atoms with E-state index >= 15 is 0 Å². The van der Waals surface area contributed by atoms with Crippen molar-refractivity contribution in [2.45, 2.75) is 0 Å². The van der Waals surface area contributed by atoms with Gasteiger partial charge in [-0.05, 0) is 24.3 Å². The van der Waals surface area contributed by atoms with E-state index in [4.69, 9.17) is 4.74 Å². The van der Waals surface area contributed by atoms with E-state index in [1.807, 2.05) is 24.3 Å². The number of halogens is 2. The predicted molar refractivity (Wildman–Crippen MR) is 81.3 cm³/mol. The number of pyridine rings is 1. The fourth-order valence-electron chi connectivity index (χ4n) is 1.80. The highest BCUT2D eigenvalue weighted by Crippen LogP contribution is 2.30. The Morgan fingerprint density at radius 3 is 2.74 bits per heavy atom. The molecular formula is C13H9Br2N3O. The van der Waals surface area contributed by atoms with Gasteiger partial charge in [-0.1, -0.05) is 31.9 Å². The summed E-state index contributed by atoms with van der Waals surface area (Å²) in [6.45, 7) is 0. The van der Waals surface area contributed by atoms with Crippen LogP contribution in [0.3, 0.4) is 0 Å². The molecule has 0 atom stereocenters. The van der Waals surface area contributed by atoms with Crippen LogP contribution >= 0.6 is 31.9 Å². The van der Waals surface area contributed by atoms with Crippen molar-refractivity contribution >= 4 is 43.0 Å². The van der Waals surface area contributed by atoms with Crippen LogP contribution in [0.4, 0.5) is 0 Å². The molecule has 0 fully saturated rings. The minimum absolute atomic E-state index is 0.554. The lowest BCUT2D eigenvalue weighted by atomic mass is 10.2. The molecule has 0 radical (unpaired) electrons. The summed E-state index contributed by atoms with van der Waals surface area (Å²) in [4.78, 5) is 12.0. The molecule has 0 bridgehead atoms. The van der Waals surface area contributed by atoms with E-state index in [0.29, 0.717) is 11.5 Å². The van der Waals surface area contributed by atoms with E-state index in [9.17, 15) is 0 Å². The summed E-state index contributed by atoms with van der Waals surface area (Å²) >= 11 is 6.99. The van der Waals surface area contributed by atoms with Crippen molar-refractivity contribution in [3.8, 4) is 17.3 Å². The number of hydrogen-bond donors (Lipinski definition) is 1. The Morgan fingerprint density at radius 2 is 1.95 bits per heavy atom. The van der Waals surface area contributed by atoms with Gasteiger partial charge in [0.05, 0.1) is 12.6 Å². The fourth-order valence-corrected chi connectivity index (χ4v) is 2.59. The molecule has 1 N–H and O–H groups in total. The quantitative estimate of drug-likeness (QED) is 0.723. The number of methoxy groups -OCH3 is 1. The molecule has 0 aliphatic heterocycles. The summed E-state index contributed by atoms with van der Waals surface area (Å²) in [6.07, 6.45) is 0. The molecule has 4 nitrogen and oxygen atoms in total. The Kier molecular flexibility index (Phi) is 3.28. The zero-order valence-corrected chi connectivity index (χ0v) is 13.1. The second kappa shape index (κ2) is 4.94. The Labute approximate surface area is 126 Å². The van der Waals surface area contributed by atoms with Crippen LogP contribution in [-0.2, 0) is 0 Å². The molecule has 2 heterocycles. The summed E-state index contributed by atoms with van der Waals surface area (Å²) < 4.78 is 7.07. The van der Waals surface area contributed by atoms with Crippen molar-refractivity contribution in [3.63, 3.8) is 0 Å². The Hall–Kier alpha value is -1.40. The second-order valence-electron chi connectivity index (χ2n) is 3.93. The van der Waals surface area contributed by atoms with Crippen LogP contribution < -0.4 is 4.74 Å². The highest BCUT2D eigenvalue weighted by molar-refractivity contribution is 9.11. The van der Waals surface area contributed by atoms with Crippen LogP contribution in [0, 0.1) is 0 Å². The van der Waals surface area contributed by atoms with Crippen LogP contribution in [0.25, 0.3) is 22.6 Å². The SMILES string of the molecule is COc1ccc2[nH]c(-c3cc(Br)ccc3Br)nc2n1. The smallest absolute Gasteiger partial charge is 0.215 e. The van der Waals surface area contributed by atoms with Gasteiger partial charge in [0.15, 0.2) is 5.65 Å². The van der Waals surface area contributed by atoms with Gasteiger partial charge in [-0.2, -0.15) is 4.98 Å². The third kappa shape index (κ3) is 2.37.